The lowest BCUT2D eigenvalue weighted by molar-refractivity contribution is -0.114. The minimum atomic E-state index is -0.178. The molecule has 5 nitrogen and oxygen atoms in total. The van der Waals surface area contributed by atoms with Gasteiger partial charge < -0.3 is 10.1 Å². The third-order valence-corrected chi connectivity index (χ3v) is 2.83. The predicted octanol–water partition coefficient (Wildman–Crippen LogP) is 0.787. The number of carbonyl (C=O) groups is 2. The van der Waals surface area contributed by atoms with Gasteiger partial charge in [0.2, 0.25) is 11.0 Å². The van der Waals surface area contributed by atoms with Gasteiger partial charge in [-0.05, 0) is 0 Å². The molecule has 0 saturated heterocycles. The molecule has 1 aromatic rings. The van der Waals surface area contributed by atoms with Gasteiger partial charge in [0, 0.05) is 6.92 Å². The highest BCUT2D eigenvalue weighted by atomic mass is 32.2. The molecule has 0 aliphatic heterocycles. The Morgan fingerprint density at radius 2 is 2.46 bits per heavy atom. The molecule has 1 amide bonds. The lowest BCUT2D eigenvalue weighted by Crippen LogP contribution is -2.04. The van der Waals surface area contributed by atoms with Crippen LogP contribution in [0.4, 0.5) is 5.13 Å². The third-order valence-electron chi connectivity index (χ3n) is 0.964. The number of nitrogens with zero attached hydrogens (tertiary/aromatic N) is 2. The van der Waals surface area contributed by atoms with Crippen LogP contribution in [0.1, 0.15) is 6.92 Å². The number of aldehydes is 1. The van der Waals surface area contributed by atoms with Crippen LogP contribution in [0, 0.1) is 0 Å². The van der Waals surface area contributed by atoms with Crippen molar-refractivity contribution in [3.63, 3.8) is 0 Å². The van der Waals surface area contributed by atoms with Crippen molar-refractivity contribution >= 4 is 40.4 Å². The van der Waals surface area contributed by atoms with E-state index in [4.69, 9.17) is 0 Å². The van der Waals surface area contributed by atoms with Gasteiger partial charge in [0.15, 0.2) is 4.34 Å². The number of rotatable bonds is 4. The molecule has 0 atom stereocenters. The summed E-state index contributed by atoms with van der Waals surface area (Å²) in [6.07, 6.45) is 0.796. The molecule has 0 spiro atoms. The van der Waals surface area contributed by atoms with Crippen molar-refractivity contribution in [3.8, 4) is 0 Å². The second kappa shape index (κ2) is 4.93. The summed E-state index contributed by atoms with van der Waals surface area (Å²) < 4.78 is 0.677. The molecule has 0 aliphatic carbocycles. The predicted molar refractivity (Wildman–Crippen MR) is 51.0 cm³/mol. The molecule has 13 heavy (non-hydrogen) atoms. The van der Waals surface area contributed by atoms with Gasteiger partial charge in [-0.15, -0.1) is 10.2 Å². The normalized spacial score (nSPS) is 9.62. The third kappa shape index (κ3) is 3.51. The summed E-state index contributed by atoms with van der Waals surface area (Å²) >= 11 is 2.54. The highest BCUT2D eigenvalue weighted by Gasteiger charge is 2.04. The second-order valence-electron chi connectivity index (χ2n) is 2.03. The van der Waals surface area contributed by atoms with Crippen LogP contribution in [0.3, 0.4) is 0 Å². The molecular weight excluding hydrogens is 210 g/mol. The fraction of sp³-hybridized carbons (Fsp3) is 0.333. The smallest absolute Gasteiger partial charge is 0.223 e. The van der Waals surface area contributed by atoms with Crippen LogP contribution in [-0.2, 0) is 9.59 Å². The molecule has 0 saturated carbocycles. The SMILES string of the molecule is CC(=O)Nc1nnc(SCC=O)s1. The van der Waals surface area contributed by atoms with E-state index in [1.165, 1.54) is 30.0 Å². The molecule has 1 N–H and O–H groups in total. The molecule has 0 unspecified atom stereocenters. The van der Waals surface area contributed by atoms with Crippen molar-refractivity contribution in [2.75, 3.05) is 11.1 Å². The van der Waals surface area contributed by atoms with E-state index in [-0.39, 0.29) is 5.91 Å². The maximum absolute atomic E-state index is 10.6. The molecule has 7 heteroatoms. The van der Waals surface area contributed by atoms with Crippen LogP contribution >= 0.6 is 23.1 Å². The summed E-state index contributed by atoms with van der Waals surface area (Å²) in [4.78, 5) is 20.6. The van der Waals surface area contributed by atoms with Crippen molar-refractivity contribution in [2.45, 2.75) is 11.3 Å². The summed E-state index contributed by atoms with van der Waals surface area (Å²) in [5, 5.41) is 10.4. The fourth-order valence-electron chi connectivity index (χ4n) is 0.575. The molecule has 70 valence electrons. The van der Waals surface area contributed by atoms with E-state index < -0.39 is 0 Å². The molecule has 0 bridgehead atoms. The van der Waals surface area contributed by atoms with Gasteiger partial charge >= 0.3 is 0 Å². The quantitative estimate of drug-likeness (QED) is 0.458. The standard InChI is InChI=1S/C6H7N3O2S2/c1-4(11)7-5-8-9-6(13-5)12-3-2-10/h2H,3H2,1H3,(H,7,8,11). The Labute approximate surface area is 82.9 Å². The zero-order valence-electron chi connectivity index (χ0n) is 6.81. The first-order chi connectivity index (χ1) is 6.22. The van der Waals surface area contributed by atoms with Crippen molar-refractivity contribution < 1.29 is 9.59 Å². The van der Waals surface area contributed by atoms with Gasteiger partial charge in [-0.3, -0.25) is 4.79 Å². The number of anilines is 1. The van der Waals surface area contributed by atoms with Crippen molar-refractivity contribution in [2.24, 2.45) is 0 Å². The fourth-order valence-corrected chi connectivity index (χ4v) is 2.08. The van der Waals surface area contributed by atoms with Crippen LogP contribution in [0.5, 0.6) is 0 Å². The maximum atomic E-state index is 10.6. The molecular formula is C6H7N3O2S2. The Bertz CT molecular complexity index is 313. The lowest BCUT2D eigenvalue weighted by atomic mass is 10.7. The van der Waals surface area contributed by atoms with Gasteiger partial charge in [0.25, 0.3) is 0 Å². The monoisotopic (exact) mass is 217 g/mol. The van der Waals surface area contributed by atoms with Gasteiger partial charge in [-0.1, -0.05) is 23.1 Å². The summed E-state index contributed by atoms with van der Waals surface area (Å²) in [7, 11) is 0. The first kappa shape index (κ1) is 10.1. The summed E-state index contributed by atoms with van der Waals surface area (Å²) in [5.74, 6) is 0.178. The van der Waals surface area contributed by atoms with E-state index in [1.54, 1.807) is 0 Å². The van der Waals surface area contributed by atoms with E-state index in [0.717, 1.165) is 6.29 Å². The Morgan fingerprint density at radius 3 is 3.08 bits per heavy atom. The lowest BCUT2D eigenvalue weighted by Gasteiger charge is -1.90. The average Bonchev–Trinajstić information content (AvgIpc) is 2.48. The second-order valence-corrected chi connectivity index (χ2v) is 4.28. The van der Waals surface area contributed by atoms with Crippen LogP contribution < -0.4 is 5.32 Å². The largest absolute Gasteiger partial charge is 0.302 e. The number of amides is 1. The Kier molecular flexibility index (Phi) is 3.84. The van der Waals surface area contributed by atoms with E-state index in [1.807, 2.05) is 0 Å². The number of thioether (sulfide) groups is 1. The van der Waals surface area contributed by atoms with Crippen LogP contribution in [0.25, 0.3) is 0 Å². The first-order valence-corrected chi connectivity index (χ1v) is 5.20. The van der Waals surface area contributed by atoms with Gasteiger partial charge in [0.05, 0.1) is 5.75 Å². The molecule has 0 radical (unpaired) electrons. The summed E-state index contributed by atoms with van der Waals surface area (Å²) in [5.41, 5.74) is 0. The molecule has 0 aromatic carbocycles. The minimum absolute atomic E-state index is 0.178. The van der Waals surface area contributed by atoms with Crippen LogP contribution in [0.15, 0.2) is 4.34 Å². The van der Waals surface area contributed by atoms with E-state index in [2.05, 4.69) is 15.5 Å². The molecule has 0 aliphatic rings. The Hall–Kier alpha value is -0.950. The number of hydrogen-bond acceptors (Lipinski definition) is 6. The van der Waals surface area contributed by atoms with Crippen molar-refractivity contribution in [3.05, 3.63) is 0 Å². The van der Waals surface area contributed by atoms with Gasteiger partial charge in [-0.2, -0.15) is 0 Å². The summed E-state index contributed by atoms with van der Waals surface area (Å²) in [6, 6.07) is 0. The number of aromatic nitrogens is 2. The Morgan fingerprint density at radius 1 is 1.69 bits per heavy atom. The van der Waals surface area contributed by atoms with Gasteiger partial charge in [0.1, 0.15) is 6.29 Å². The highest BCUT2D eigenvalue weighted by molar-refractivity contribution is 8.01. The summed E-state index contributed by atoms with van der Waals surface area (Å²) in [6.45, 7) is 1.40. The maximum Gasteiger partial charge on any atom is 0.223 e. The number of carbonyl (C=O) groups excluding carboxylic acids is 2. The average molecular weight is 217 g/mol. The molecule has 1 rings (SSSR count). The van der Waals surface area contributed by atoms with Crippen molar-refractivity contribution in [1.82, 2.24) is 10.2 Å². The zero-order chi connectivity index (χ0) is 9.68. The topological polar surface area (TPSA) is 72.0 Å². The van der Waals surface area contributed by atoms with Crippen LogP contribution in [-0.4, -0.2) is 28.1 Å². The number of nitrogens with one attached hydrogen (secondary N) is 1. The van der Waals surface area contributed by atoms with Crippen LogP contribution in [0.2, 0.25) is 0 Å². The highest BCUT2D eigenvalue weighted by Crippen LogP contribution is 2.24. The minimum Gasteiger partial charge on any atom is -0.302 e. The first-order valence-electron chi connectivity index (χ1n) is 3.40. The molecule has 0 fully saturated rings. The Balaban J connectivity index is 2.53. The molecule has 1 heterocycles. The van der Waals surface area contributed by atoms with Crippen molar-refractivity contribution in [1.29, 1.82) is 0 Å². The van der Waals surface area contributed by atoms with E-state index in [0.29, 0.717) is 15.2 Å². The van der Waals surface area contributed by atoms with Gasteiger partial charge in [-0.25, -0.2) is 0 Å². The zero-order valence-corrected chi connectivity index (χ0v) is 8.44. The van der Waals surface area contributed by atoms with E-state index >= 15 is 0 Å². The van der Waals surface area contributed by atoms with E-state index in [9.17, 15) is 9.59 Å². The number of hydrogen-bond donors (Lipinski definition) is 1. The molecule has 1 aromatic heterocycles.